The number of benzene rings is 2. The zero-order valence-electron chi connectivity index (χ0n) is 11.2. The summed E-state index contributed by atoms with van der Waals surface area (Å²) in [6.07, 6.45) is 1.83. The molecule has 0 unspecified atom stereocenters. The van der Waals surface area contributed by atoms with Crippen LogP contribution in [0.3, 0.4) is 0 Å². The summed E-state index contributed by atoms with van der Waals surface area (Å²) in [7, 11) is 0. The molecule has 4 aromatic rings. The van der Waals surface area contributed by atoms with Gasteiger partial charge in [-0.1, -0.05) is 41.4 Å². The summed E-state index contributed by atoms with van der Waals surface area (Å²) in [6.45, 7) is 0. The lowest BCUT2D eigenvalue weighted by Gasteiger charge is -2.04. The molecular weight excluding hydrogens is 321 g/mol. The highest BCUT2D eigenvalue weighted by atomic mass is 35.5. The Labute approximate surface area is 134 Å². The van der Waals surface area contributed by atoms with Gasteiger partial charge in [0, 0.05) is 22.7 Å². The van der Waals surface area contributed by atoms with Gasteiger partial charge < -0.3 is 9.97 Å². The number of halogens is 2. The molecule has 0 aliphatic carbocycles. The Bertz CT molecular complexity index is 1080. The van der Waals surface area contributed by atoms with Gasteiger partial charge in [-0.3, -0.25) is 4.79 Å². The van der Waals surface area contributed by atoms with Gasteiger partial charge in [-0.25, -0.2) is 4.98 Å². The Morgan fingerprint density at radius 3 is 2.64 bits per heavy atom. The SMILES string of the molecule is O=c1[nH]c(-c2c[nH]c3ccccc23)nc2cc(Cl)c(Cl)cc12. The van der Waals surface area contributed by atoms with Gasteiger partial charge in [0.05, 0.1) is 20.9 Å². The van der Waals surface area contributed by atoms with E-state index in [4.69, 9.17) is 23.2 Å². The van der Waals surface area contributed by atoms with Crippen molar-refractivity contribution in [3.05, 3.63) is 63.0 Å². The quantitative estimate of drug-likeness (QED) is 0.544. The second-order valence-corrected chi connectivity index (χ2v) is 5.76. The van der Waals surface area contributed by atoms with Crippen molar-refractivity contribution >= 4 is 45.0 Å². The Hall–Kier alpha value is -2.30. The van der Waals surface area contributed by atoms with E-state index >= 15 is 0 Å². The van der Waals surface area contributed by atoms with Gasteiger partial charge in [0.2, 0.25) is 0 Å². The predicted molar refractivity (Wildman–Crippen MR) is 89.7 cm³/mol. The molecule has 4 rings (SSSR count). The van der Waals surface area contributed by atoms with Crippen molar-refractivity contribution in [1.82, 2.24) is 15.0 Å². The number of hydrogen-bond acceptors (Lipinski definition) is 2. The second-order valence-electron chi connectivity index (χ2n) is 4.95. The molecule has 0 spiro atoms. The molecule has 0 bridgehead atoms. The molecule has 0 aliphatic rings. The van der Waals surface area contributed by atoms with Gasteiger partial charge in [0.1, 0.15) is 5.82 Å². The minimum Gasteiger partial charge on any atom is -0.360 e. The van der Waals surface area contributed by atoms with Crippen molar-refractivity contribution in [2.24, 2.45) is 0 Å². The third-order valence-electron chi connectivity index (χ3n) is 3.59. The fourth-order valence-electron chi connectivity index (χ4n) is 2.53. The molecule has 4 nitrogen and oxygen atoms in total. The first-order chi connectivity index (χ1) is 10.6. The molecule has 2 aromatic heterocycles. The molecule has 0 atom stereocenters. The maximum absolute atomic E-state index is 12.3. The fourth-order valence-corrected chi connectivity index (χ4v) is 2.85. The smallest absolute Gasteiger partial charge is 0.259 e. The molecule has 108 valence electrons. The average molecular weight is 330 g/mol. The molecule has 22 heavy (non-hydrogen) atoms. The average Bonchev–Trinajstić information content (AvgIpc) is 2.93. The summed E-state index contributed by atoms with van der Waals surface area (Å²) in [5.74, 6) is 0.494. The summed E-state index contributed by atoms with van der Waals surface area (Å²) in [4.78, 5) is 22.8. The summed E-state index contributed by atoms with van der Waals surface area (Å²) >= 11 is 12.0. The molecule has 6 heteroatoms. The lowest BCUT2D eigenvalue weighted by atomic mass is 10.1. The third-order valence-corrected chi connectivity index (χ3v) is 4.31. The van der Waals surface area contributed by atoms with Gasteiger partial charge >= 0.3 is 0 Å². The van der Waals surface area contributed by atoms with Crippen LogP contribution < -0.4 is 5.56 Å². The Morgan fingerprint density at radius 2 is 1.77 bits per heavy atom. The number of aromatic amines is 2. The number of rotatable bonds is 1. The van der Waals surface area contributed by atoms with Crippen molar-refractivity contribution in [3.8, 4) is 11.4 Å². The Kier molecular flexibility index (Phi) is 2.96. The number of H-pyrrole nitrogens is 2. The van der Waals surface area contributed by atoms with Crippen molar-refractivity contribution < 1.29 is 0 Å². The highest BCUT2D eigenvalue weighted by Crippen LogP contribution is 2.28. The molecule has 2 heterocycles. The van der Waals surface area contributed by atoms with Crippen LogP contribution >= 0.6 is 23.2 Å². The van der Waals surface area contributed by atoms with Crippen LogP contribution in [0.4, 0.5) is 0 Å². The molecule has 0 aliphatic heterocycles. The van der Waals surface area contributed by atoms with E-state index in [1.165, 1.54) is 6.07 Å². The monoisotopic (exact) mass is 329 g/mol. The van der Waals surface area contributed by atoms with E-state index in [0.717, 1.165) is 16.5 Å². The van der Waals surface area contributed by atoms with Gasteiger partial charge in [0.15, 0.2) is 0 Å². The van der Waals surface area contributed by atoms with E-state index < -0.39 is 0 Å². The van der Waals surface area contributed by atoms with Gasteiger partial charge in [-0.2, -0.15) is 0 Å². The minimum atomic E-state index is -0.246. The molecule has 0 radical (unpaired) electrons. The van der Waals surface area contributed by atoms with Crippen molar-refractivity contribution in [2.45, 2.75) is 0 Å². The highest BCUT2D eigenvalue weighted by Gasteiger charge is 2.12. The maximum atomic E-state index is 12.3. The van der Waals surface area contributed by atoms with Crippen molar-refractivity contribution in [2.75, 3.05) is 0 Å². The van der Waals surface area contributed by atoms with Crippen molar-refractivity contribution in [1.29, 1.82) is 0 Å². The number of aromatic nitrogens is 3. The molecule has 0 saturated heterocycles. The van der Waals surface area contributed by atoms with Crippen LogP contribution in [0.25, 0.3) is 33.2 Å². The number of fused-ring (bicyclic) bond motifs is 2. The number of hydrogen-bond donors (Lipinski definition) is 2. The van der Waals surface area contributed by atoms with E-state index in [9.17, 15) is 4.79 Å². The standard InChI is InChI=1S/C16H9Cl2N3O/c17-11-5-9-14(6-12(11)18)20-15(21-16(9)22)10-7-19-13-4-2-1-3-8(10)13/h1-7,19H,(H,20,21,22). The first-order valence-electron chi connectivity index (χ1n) is 6.59. The first-order valence-corrected chi connectivity index (χ1v) is 7.34. The normalized spacial score (nSPS) is 11.4. The van der Waals surface area contributed by atoms with Crippen LogP contribution in [0.15, 0.2) is 47.4 Å². The van der Waals surface area contributed by atoms with Gasteiger partial charge in [-0.05, 0) is 18.2 Å². The minimum absolute atomic E-state index is 0.246. The Morgan fingerprint density at radius 1 is 1.00 bits per heavy atom. The molecule has 2 N–H and O–H groups in total. The molecule has 0 amide bonds. The molecule has 0 saturated carbocycles. The second kappa shape index (κ2) is 4.87. The summed E-state index contributed by atoms with van der Waals surface area (Å²) in [5.41, 5.74) is 2.08. The number of nitrogens with zero attached hydrogens (tertiary/aromatic N) is 1. The van der Waals surface area contributed by atoms with Gasteiger partial charge in [-0.15, -0.1) is 0 Å². The summed E-state index contributed by atoms with van der Waals surface area (Å²) < 4.78 is 0. The lowest BCUT2D eigenvalue weighted by molar-refractivity contribution is 1.18. The van der Waals surface area contributed by atoms with Crippen LogP contribution in [-0.4, -0.2) is 15.0 Å². The van der Waals surface area contributed by atoms with Crippen molar-refractivity contribution in [3.63, 3.8) is 0 Å². The van der Waals surface area contributed by atoms with E-state index in [0.29, 0.717) is 26.8 Å². The molecule has 2 aromatic carbocycles. The zero-order valence-corrected chi connectivity index (χ0v) is 12.7. The van der Waals surface area contributed by atoms with E-state index in [1.54, 1.807) is 6.07 Å². The largest absolute Gasteiger partial charge is 0.360 e. The van der Waals surface area contributed by atoms with Crippen LogP contribution in [0.1, 0.15) is 0 Å². The Balaban J connectivity index is 2.04. The van der Waals surface area contributed by atoms with E-state index in [1.807, 2.05) is 30.5 Å². The van der Waals surface area contributed by atoms with Crippen LogP contribution in [0, 0.1) is 0 Å². The molecule has 0 fully saturated rings. The lowest BCUT2D eigenvalue weighted by Crippen LogP contribution is -2.09. The fraction of sp³-hybridized carbons (Fsp3) is 0. The topological polar surface area (TPSA) is 61.5 Å². The summed E-state index contributed by atoms with van der Waals surface area (Å²) in [6, 6.07) is 11.0. The van der Waals surface area contributed by atoms with E-state index in [2.05, 4.69) is 15.0 Å². The number of para-hydroxylation sites is 1. The zero-order chi connectivity index (χ0) is 15.3. The highest BCUT2D eigenvalue weighted by molar-refractivity contribution is 6.42. The van der Waals surface area contributed by atoms with Crippen LogP contribution in [-0.2, 0) is 0 Å². The summed E-state index contributed by atoms with van der Waals surface area (Å²) in [5, 5.41) is 2.11. The van der Waals surface area contributed by atoms with E-state index in [-0.39, 0.29) is 5.56 Å². The third kappa shape index (κ3) is 2.00. The number of nitrogens with one attached hydrogen (secondary N) is 2. The van der Waals surface area contributed by atoms with Crippen LogP contribution in [0.5, 0.6) is 0 Å². The van der Waals surface area contributed by atoms with Crippen LogP contribution in [0.2, 0.25) is 10.0 Å². The van der Waals surface area contributed by atoms with Gasteiger partial charge in [0.25, 0.3) is 5.56 Å². The molecular formula is C16H9Cl2N3O. The predicted octanol–water partition coefficient (Wildman–Crippen LogP) is 4.38. The maximum Gasteiger partial charge on any atom is 0.259 e. The first kappa shape index (κ1) is 13.4.